The predicted molar refractivity (Wildman–Crippen MR) is 119 cm³/mol. The maximum absolute atomic E-state index is 12.8. The van der Waals surface area contributed by atoms with Crippen molar-refractivity contribution in [3.05, 3.63) is 0 Å². The molecule has 0 spiro atoms. The van der Waals surface area contributed by atoms with Crippen LogP contribution >= 0.6 is 0 Å². The van der Waals surface area contributed by atoms with E-state index in [1.807, 2.05) is 0 Å². The number of hydrogen-bond acceptors (Lipinski definition) is 17. The van der Waals surface area contributed by atoms with E-state index in [9.17, 15) is 66.1 Å². The minimum atomic E-state index is -2.44. The highest BCUT2D eigenvalue weighted by atomic mass is 16.7. The SMILES string of the molecule is O=C1NC2C(OC(CO)C(O)C2O)OC2C(CO)OC(C(O)C2O)N2C(CO)C(O)C(O)C2C(O)C(O)C1O. The van der Waals surface area contributed by atoms with Crippen LogP contribution in [0.4, 0.5) is 0 Å². The van der Waals surface area contributed by atoms with Crippen molar-refractivity contribution in [2.45, 2.75) is 104 Å². The van der Waals surface area contributed by atoms with Crippen LogP contribution in [0.5, 0.6) is 0 Å². The van der Waals surface area contributed by atoms with Crippen molar-refractivity contribution in [2.75, 3.05) is 19.8 Å². The second-order valence-electron chi connectivity index (χ2n) is 10.2. The zero-order chi connectivity index (χ0) is 28.9. The molecule has 0 aliphatic carbocycles. The summed E-state index contributed by atoms with van der Waals surface area (Å²) in [5.74, 6) is -1.41. The van der Waals surface area contributed by atoms with Crippen molar-refractivity contribution < 1.29 is 80.3 Å². The number of aliphatic hydroxyl groups excluding tert-OH is 12. The first kappa shape index (κ1) is 30.8. The van der Waals surface area contributed by atoms with Crippen LogP contribution in [0, 0.1) is 0 Å². The third-order valence-electron chi connectivity index (χ3n) is 7.91. The molecule has 17 atom stereocenters. The van der Waals surface area contributed by atoms with Crippen molar-refractivity contribution in [1.29, 1.82) is 0 Å². The number of nitrogens with one attached hydrogen (secondary N) is 1. The Morgan fingerprint density at radius 1 is 0.641 bits per heavy atom. The van der Waals surface area contributed by atoms with E-state index in [1.165, 1.54) is 0 Å². The molecule has 18 heteroatoms. The van der Waals surface area contributed by atoms with Crippen LogP contribution in [0.15, 0.2) is 0 Å². The minimum absolute atomic E-state index is 0.826. The molecular weight excluding hydrogens is 536 g/mol. The number of carbonyl (C=O) groups excluding carboxylic acids is 1. The summed E-state index contributed by atoms with van der Waals surface area (Å²) in [4.78, 5) is 13.7. The number of hydrogen-bond donors (Lipinski definition) is 13. The summed E-state index contributed by atoms with van der Waals surface area (Å²) in [5, 5.41) is 128. The third-order valence-corrected chi connectivity index (χ3v) is 7.91. The smallest absolute Gasteiger partial charge is 0.252 e. The maximum Gasteiger partial charge on any atom is 0.252 e. The highest BCUT2D eigenvalue weighted by Crippen LogP contribution is 2.37. The van der Waals surface area contributed by atoms with Gasteiger partial charge in [0.25, 0.3) is 5.91 Å². The van der Waals surface area contributed by atoms with E-state index in [-0.39, 0.29) is 0 Å². The first-order chi connectivity index (χ1) is 18.4. The highest BCUT2D eigenvalue weighted by molar-refractivity contribution is 5.81. The Morgan fingerprint density at radius 2 is 1.26 bits per heavy atom. The lowest BCUT2D eigenvalue weighted by Gasteiger charge is -2.51. The van der Waals surface area contributed by atoms with E-state index < -0.39 is 130 Å². The number of carbonyl (C=O) groups is 1. The fourth-order valence-corrected chi connectivity index (χ4v) is 5.72. The summed E-state index contributed by atoms with van der Waals surface area (Å²) in [6.07, 6.45) is -26.6. The highest BCUT2D eigenvalue weighted by Gasteiger charge is 2.60. The van der Waals surface area contributed by atoms with Crippen molar-refractivity contribution in [3.8, 4) is 0 Å². The summed E-state index contributed by atoms with van der Waals surface area (Å²) in [5.41, 5.74) is 0. The van der Waals surface area contributed by atoms with Crippen LogP contribution in [0.25, 0.3) is 0 Å². The van der Waals surface area contributed by atoms with Crippen LogP contribution in [0.3, 0.4) is 0 Å². The summed E-state index contributed by atoms with van der Waals surface area (Å²) < 4.78 is 16.9. The summed E-state index contributed by atoms with van der Waals surface area (Å²) in [6.45, 7) is -2.58. The van der Waals surface area contributed by atoms with Gasteiger partial charge < -0.3 is 80.8 Å². The quantitative estimate of drug-likeness (QED) is 0.149. The van der Waals surface area contributed by atoms with Crippen LogP contribution in [-0.4, -0.2) is 196 Å². The first-order valence-electron chi connectivity index (χ1n) is 12.4. The van der Waals surface area contributed by atoms with Gasteiger partial charge in [-0.3, -0.25) is 9.69 Å². The number of amides is 1. The Bertz CT molecular complexity index is 855. The van der Waals surface area contributed by atoms with Gasteiger partial charge in [-0.05, 0) is 0 Å². The molecule has 0 radical (unpaired) electrons. The first-order valence-corrected chi connectivity index (χ1v) is 12.4. The van der Waals surface area contributed by atoms with Crippen molar-refractivity contribution in [1.82, 2.24) is 10.2 Å². The summed E-state index contributed by atoms with van der Waals surface area (Å²) in [7, 11) is 0. The predicted octanol–water partition coefficient (Wildman–Crippen LogP) is -9.40. The van der Waals surface area contributed by atoms with Crippen molar-refractivity contribution in [2.24, 2.45) is 0 Å². The molecule has 0 aromatic heterocycles. The Morgan fingerprint density at radius 3 is 1.85 bits per heavy atom. The molecule has 226 valence electrons. The molecule has 5 rings (SSSR count). The van der Waals surface area contributed by atoms with Crippen LogP contribution in [0.1, 0.15) is 0 Å². The van der Waals surface area contributed by atoms with Gasteiger partial charge in [-0.1, -0.05) is 0 Å². The molecule has 17 unspecified atom stereocenters. The Labute approximate surface area is 220 Å². The molecule has 5 aliphatic heterocycles. The van der Waals surface area contributed by atoms with Gasteiger partial charge in [0.1, 0.15) is 67.2 Å². The lowest BCUT2D eigenvalue weighted by atomic mass is 9.92. The van der Waals surface area contributed by atoms with E-state index in [4.69, 9.17) is 14.2 Å². The molecule has 13 N–H and O–H groups in total. The van der Waals surface area contributed by atoms with E-state index in [2.05, 4.69) is 5.32 Å². The summed E-state index contributed by atoms with van der Waals surface area (Å²) in [6, 6.07) is -4.99. The molecule has 5 fully saturated rings. The molecule has 0 aromatic rings. The van der Waals surface area contributed by atoms with E-state index in [1.54, 1.807) is 0 Å². The fourth-order valence-electron chi connectivity index (χ4n) is 5.72. The molecule has 5 aliphatic rings. The van der Waals surface area contributed by atoms with Gasteiger partial charge in [0.15, 0.2) is 12.4 Å². The zero-order valence-electron chi connectivity index (χ0n) is 20.4. The second kappa shape index (κ2) is 12.0. The summed E-state index contributed by atoms with van der Waals surface area (Å²) >= 11 is 0. The molecule has 2 bridgehead atoms. The molecule has 18 nitrogen and oxygen atoms in total. The number of nitrogens with zero attached hydrogens (tertiary/aromatic N) is 1. The molecular formula is C21H36N2O16. The Hall–Kier alpha value is -1.17. The number of aliphatic hydroxyl groups is 12. The van der Waals surface area contributed by atoms with Crippen LogP contribution < -0.4 is 5.32 Å². The average molecular weight is 573 g/mol. The lowest BCUT2D eigenvalue weighted by molar-refractivity contribution is -0.337. The van der Waals surface area contributed by atoms with E-state index in [0.29, 0.717) is 0 Å². The van der Waals surface area contributed by atoms with Gasteiger partial charge in [0.2, 0.25) is 0 Å². The number of rotatable bonds is 3. The molecule has 1 amide bonds. The standard InChI is InChI=1S/C21H36N2O16/c24-1-4-9(27)12(30)8-13(31)14(32)16(34)19(36)22-7-11(29)10(28)5(2-25)38-21(7)39-18-6(3-26)37-20(23(4)8)17(35)15(18)33/h4-18,20-21,24-35H,1-3H2,(H,22,36). The Kier molecular flexibility index (Phi) is 9.45. The van der Waals surface area contributed by atoms with E-state index >= 15 is 0 Å². The zero-order valence-corrected chi connectivity index (χ0v) is 20.4. The van der Waals surface area contributed by atoms with E-state index in [0.717, 1.165) is 4.90 Å². The molecule has 39 heavy (non-hydrogen) atoms. The van der Waals surface area contributed by atoms with Crippen molar-refractivity contribution in [3.63, 3.8) is 0 Å². The van der Waals surface area contributed by atoms with Gasteiger partial charge in [-0.15, -0.1) is 0 Å². The third kappa shape index (κ3) is 5.18. The van der Waals surface area contributed by atoms with Gasteiger partial charge in [0.05, 0.1) is 44.1 Å². The Balaban J connectivity index is 1.80. The van der Waals surface area contributed by atoms with Crippen LogP contribution in [-0.2, 0) is 19.0 Å². The minimum Gasteiger partial charge on any atom is -0.395 e. The fraction of sp³-hybridized carbons (Fsp3) is 0.952. The molecule has 0 aromatic carbocycles. The maximum atomic E-state index is 12.8. The average Bonchev–Trinajstić information content (AvgIpc) is 3.17. The lowest BCUT2D eigenvalue weighted by Crippen LogP contribution is -2.71. The van der Waals surface area contributed by atoms with Crippen molar-refractivity contribution >= 4 is 5.91 Å². The largest absolute Gasteiger partial charge is 0.395 e. The monoisotopic (exact) mass is 572 g/mol. The molecule has 0 saturated carbocycles. The van der Waals surface area contributed by atoms with Crippen LogP contribution in [0.2, 0.25) is 0 Å². The molecule has 5 saturated heterocycles. The topological polar surface area (TPSA) is 303 Å². The van der Waals surface area contributed by atoms with Gasteiger partial charge >= 0.3 is 0 Å². The van der Waals surface area contributed by atoms with Gasteiger partial charge in [-0.25, -0.2) is 0 Å². The second-order valence-corrected chi connectivity index (χ2v) is 10.2. The number of fused-ring (bicyclic) bond motifs is 6. The molecule has 5 heterocycles. The normalized spacial score (nSPS) is 53.5. The number of ether oxygens (including phenoxy) is 3. The van der Waals surface area contributed by atoms with Gasteiger partial charge in [-0.2, -0.15) is 0 Å². The van der Waals surface area contributed by atoms with Gasteiger partial charge in [0, 0.05) is 0 Å².